The highest BCUT2D eigenvalue weighted by atomic mass is 16.5. The smallest absolute Gasteiger partial charge is 0.160 e. The van der Waals surface area contributed by atoms with Gasteiger partial charge in [-0.1, -0.05) is 20.3 Å². The van der Waals surface area contributed by atoms with Crippen molar-refractivity contribution in [2.45, 2.75) is 51.6 Å². The number of nitrogens with zero attached hydrogens (tertiary/aromatic N) is 3. The van der Waals surface area contributed by atoms with E-state index in [1.807, 2.05) is 0 Å². The van der Waals surface area contributed by atoms with Crippen molar-refractivity contribution in [3.63, 3.8) is 0 Å². The first-order chi connectivity index (χ1) is 9.61. The fourth-order valence-corrected chi connectivity index (χ4v) is 2.51. The number of likely N-dealkylation sites (N-methyl/N-ethyl adjacent to an activating group) is 1. The van der Waals surface area contributed by atoms with Crippen molar-refractivity contribution >= 4 is 0 Å². The topological polar surface area (TPSA) is 64.3 Å². The summed E-state index contributed by atoms with van der Waals surface area (Å²) in [5.74, 6) is 1.86. The van der Waals surface area contributed by atoms with Crippen molar-refractivity contribution in [3.05, 3.63) is 17.7 Å². The number of ether oxygens (including phenoxy) is 1. The second kappa shape index (κ2) is 6.99. The summed E-state index contributed by atoms with van der Waals surface area (Å²) in [5, 5.41) is 0. The van der Waals surface area contributed by atoms with Gasteiger partial charge in [-0.05, 0) is 26.4 Å². The molecule has 0 amide bonds. The summed E-state index contributed by atoms with van der Waals surface area (Å²) in [6, 6.07) is 0.485. The SMILES string of the molecule is CC(C)c1ncc(OCC2CCCCN2C)c(CN)n1. The van der Waals surface area contributed by atoms with Gasteiger partial charge in [0.15, 0.2) is 5.75 Å². The lowest BCUT2D eigenvalue weighted by atomic mass is 10.0. The minimum Gasteiger partial charge on any atom is -0.488 e. The molecule has 1 aromatic heterocycles. The molecule has 2 heterocycles. The Balaban J connectivity index is 2.01. The highest BCUT2D eigenvalue weighted by Gasteiger charge is 2.20. The van der Waals surface area contributed by atoms with Crippen LogP contribution in [-0.4, -0.2) is 41.1 Å². The number of hydrogen-bond acceptors (Lipinski definition) is 5. The van der Waals surface area contributed by atoms with E-state index < -0.39 is 0 Å². The maximum atomic E-state index is 5.93. The lowest BCUT2D eigenvalue weighted by Crippen LogP contribution is -2.40. The van der Waals surface area contributed by atoms with Crippen LogP contribution in [0.2, 0.25) is 0 Å². The van der Waals surface area contributed by atoms with Gasteiger partial charge in [0.2, 0.25) is 0 Å². The van der Waals surface area contributed by atoms with Crippen LogP contribution in [0.15, 0.2) is 6.20 Å². The van der Waals surface area contributed by atoms with E-state index in [2.05, 4.69) is 35.8 Å². The van der Waals surface area contributed by atoms with E-state index in [0.717, 1.165) is 23.8 Å². The van der Waals surface area contributed by atoms with Crippen molar-refractivity contribution in [1.29, 1.82) is 0 Å². The molecule has 1 aromatic rings. The van der Waals surface area contributed by atoms with Crippen LogP contribution >= 0.6 is 0 Å². The predicted octanol–water partition coefficient (Wildman–Crippen LogP) is 1.92. The van der Waals surface area contributed by atoms with Crippen molar-refractivity contribution in [2.24, 2.45) is 5.73 Å². The summed E-state index contributed by atoms with van der Waals surface area (Å²) in [7, 11) is 2.16. The number of likely N-dealkylation sites (tertiary alicyclic amines) is 1. The number of hydrogen-bond donors (Lipinski definition) is 1. The first kappa shape index (κ1) is 15.2. The molecule has 1 aliphatic heterocycles. The lowest BCUT2D eigenvalue weighted by Gasteiger charge is -2.32. The van der Waals surface area contributed by atoms with Gasteiger partial charge in [-0.3, -0.25) is 0 Å². The quantitative estimate of drug-likeness (QED) is 0.891. The minimum absolute atomic E-state index is 0.304. The van der Waals surface area contributed by atoms with Crippen LogP contribution < -0.4 is 10.5 Å². The molecule has 0 bridgehead atoms. The molecule has 1 aliphatic rings. The fraction of sp³-hybridized carbons (Fsp3) is 0.733. The van der Waals surface area contributed by atoms with Crippen molar-refractivity contribution < 1.29 is 4.74 Å². The number of nitrogens with two attached hydrogens (primary N) is 1. The van der Waals surface area contributed by atoms with Gasteiger partial charge in [0, 0.05) is 18.5 Å². The predicted molar refractivity (Wildman–Crippen MR) is 79.8 cm³/mol. The van der Waals surface area contributed by atoms with E-state index in [-0.39, 0.29) is 0 Å². The van der Waals surface area contributed by atoms with E-state index in [1.165, 1.54) is 19.3 Å². The third-order valence-corrected chi connectivity index (χ3v) is 3.91. The Hall–Kier alpha value is -1.20. The van der Waals surface area contributed by atoms with E-state index >= 15 is 0 Å². The molecule has 1 atom stereocenters. The van der Waals surface area contributed by atoms with E-state index in [1.54, 1.807) is 6.20 Å². The van der Waals surface area contributed by atoms with Crippen LogP contribution in [-0.2, 0) is 6.54 Å². The van der Waals surface area contributed by atoms with Gasteiger partial charge >= 0.3 is 0 Å². The molecule has 0 radical (unpaired) electrons. The molecule has 112 valence electrons. The third kappa shape index (κ3) is 3.67. The Morgan fingerprint density at radius 3 is 2.90 bits per heavy atom. The Morgan fingerprint density at radius 2 is 2.25 bits per heavy atom. The average Bonchev–Trinajstić information content (AvgIpc) is 2.46. The fourth-order valence-electron chi connectivity index (χ4n) is 2.51. The molecule has 1 fully saturated rings. The molecule has 1 unspecified atom stereocenters. The Kier molecular flexibility index (Phi) is 5.31. The van der Waals surface area contributed by atoms with Gasteiger partial charge in [0.25, 0.3) is 0 Å². The van der Waals surface area contributed by atoms with E-state index in [0.29, 0.717) is 25.1 Å². The van der Waals surface area contributed by atoms with Crippen molar-refractivity contribution in [2.75, 3.05) is 20.2 Å². The van der Waals surface area contributed by atoms with Gasteiger partial charge in [0.05, 0.1) is 11.9 Å². The first-order valence-corrected chi connectivity index (χ1v) is 7.50. The van der Waals surface area contributed by atoms with Crippen LogP contribution in [0.3, 0.4) is 0 Å². The third-order valence-electron chi connectivity index (χ3n) is 3.91. The standard InChI is InChI=1S/C15H26N4O/c1-11(2)15-17-9-14(13(8-16)18-15)20-10-12-6-4-5-7-19(12)3/h9,11-12H,4-8,10,16H2,1-3H3. The zero-order valence-electron chi connectivity index (χ0n) is 12.8. The molecule has 2 rings (SSSR count). The summed E-state index contributed by atoms with van der Waals surface area (Å²) < 4.78 is 5.93. The summed E-state index contributed by atoms with van der Waals surface area (Å²) in [6.07, 6.45) is 5.53. The monoisotopic (exact) mass is 278 g/mol. The number of aromatic nitrogens is 2. The van der Waals surface area contributed by atoms with Gasteiger partial charge in [-0.15, -0.1) is 0 Å². The maximum Gasteiger partial charge on any atom is 0.160 e. The molecule has 2 N–H and O–H groups in total. The number of piperidine rings is 1. The summed E-state index contributed by atoms with van der Waals surface area (Å²) in [6.45, 7) is 6.38. The molecule has 20 heavy (non-hydrogen) atoms. The summed E-state index contributed by atoms with van der Waals surface area (Å²) >= 11 is 0. The lowest BCUT2D eigenvalue weighted by molar-refractivity contribution is 0.124. The normalized spacial score (nSPS) is 20.4. The van der Waals surface area contributed by atoms with Crippen LogP contribution in [0.5, 0.6) is 5.75 Å². The second-order valence-electron chi connectivity index (χ2n) is 5.84. The Bertz CT molecular complexity index is 436. The molecule has 0 saturated carbocycles. The van der Waals surface area contributed by atoms with Gasteiger partial charge < -0.3 is 15.4 Å². The molecular formula is C15H26N4O. The molecule has 5 heteroatoms. The molecule has 0 aromatic carbocycles. The largest absolute Gasteiger partial charge is 0.488 e. The first-order valence-electron chi connectivity index (χ1n) is 7.50. The van der Waals surface area contributed by atoms with Gasteiger partial charge in [-0.2, -0.15) is 0 Å². The van der Waals surface area contributed by atoms with Crippen LogP contribution in [0.4, 0.5) is 0 Å². The molecule has 0 spiro atoms. The molecule has 1 saturated heterocycles. The van der Waals surface area contributed by atoms with Crippen LogP contribution in [0, 0.1) is 0 Å². The van der Waals surface area contributed by atoms with Gasteiger partial charge in [0.1, 0.15) is 12.4 Å². The van der Waals surface area contributed by atoms with Crippen LogP contribution in [0.1, 0.15) is 50.5 Å². The highest BCUT2D eigenvalue weighted by Crippen LogP contribution is 2.20. The Morgan fingerprint density at radius 1 is 1.45 bits per heavy atom. The number of rotatable bonds is 5. The molecule has 0 aliphatic carbocycles. The summed E-state index contributed by atoms with van der Waals surface area (Å²) in [5.41, 5.74) is 6.58. The summed E-state index contributed by atoms with van der Waals surface area (Å²) in [4.78, 5) is 11.2. The van der Waals surface area contributed by atoms with Crippen molar-refractivity contribution in [1.82, 2.24) is 14.9 Å². The van der Waals surface area contributed by atoms with E-state index in [9.17, 15) is 0 Å². The highest BCUT2D eigenvalue weighted by molar-refractivity contribution is 5.25. The van der Waals surface area contributed by atoms with Crippen LogP contribution in [0.25, 0.3) is 0 Å². The average molecular weight is 278 g/mol. The van der Waals surface area contributed by atoms with E-state index in [4.69, 9.17) is 10.5 Å². The second-order valence-corrected chi connectivity index (χ2v) is 5.84. The zero-order valence-corrected chi connectivity index (χ0v) is 12.8. The molecular weight excluding hydrogens is 252 g/mol. The van der Waals surface area contributed by atoms with Gasteiger partial charge in [-0.25, -0.2) is 9.97 Å². The zero-order chi connectivity index (χ0) is 14.5. The minimum atomic E-state index is 0.304. The maximum absolute atomic E-state index is 5.93. The Labute approximate surface area is 121 Å². The molecule has 5 nitrogen and oxygen atoms in total. The van der Waals surface area contributed by atoms with Crippen molar-refractivity contribution in [3.8, 4) is 5.75 Å².